The lowest BCUT2D eigenvalue weighted by Crippen LogP contribution is -2.17. The SMILES string of the molecule is CCNc1sc(C(=O)NC)c(N)c1OC. The summed E-state index contributed by atoms with van der Waals surface area (Å²) in [6.07, 6.45) is 0. The minimum absolute atomic E-state index is 0.194. The Hall–Kier alpha value is -1.43. The number of nitrogens with one attached hydrogen (secondary N) is 2. The van der Waals surface area contributed by atoms with Gasteiger partial charge in [-0.2, -0.15) is 0 Å². The van der Waals surface area contributed by atoms with Crippen LogP contribution in [-0.2, 0) is 0 Å². The first-order valence-electron chi connectivity index (χ1n) is 4.57. The third kappa shape index (κ3) is 2.15. The summed E-state index contributed by atoms with van der Waals surface area (Å²) in [5, 5.41) is 6.43. The molecule has 1 aromatic heterocycles. The van der Waals surface area contributed by atoms with Crippen molar-refractivity contribution in [2.45, 2.75) is 6.92 Å². The molecular formula is C9H15N3O2S. The van der Waals surface area contributed by atoms with Gasteiger partial charge in [-0.1, -0.05) is 0 Å². The Balaban J connectivity index is 3.14. The third-order valence-corrected chi connectivity index (χ3v) is 3.02. The van der Waals surface area contributed by atoms with Crippen LogP contribution in [-0.4, -0.2) is 26.6 Å². The molecule has 0 aliphatic carbocycles. The van der Waals surface area contributed by atoms with E-state index in [1.54, 1.807) is 7.05 Å². The van der Waals surface area contributed by atoms with Gasteiger partial charge in [0.1, 0.15) is 15.6 Å². The zero-order chi connectivity index (χ0) is 11.4. The van der Waals surface area contributed by atoms with Crippen LogP contribution in [0.3, 0.4) is 0 Å². The molecule has 0 spiro atoms. The lowest BCUT2D eigenvalue weighted by molar-refractivity contribution is 0.0967. The molecule has 0 bridgehead atoms. The first kappa shape index (κ1) is 11.6. The quantitative estimate of drug-likeness (QED) is 0.723. The molecule has 0 aromatic carbocycles. The van der Waals surface area contributed by atoms with E-state index < -0.39 is 0 Å². The molecule has 0 aliphatic rings. The average Bonchev–Trinajstić information content (AvgIpc) is 2.55. The topological polar surface area (TPSA) is 76.4 Å². The van der Waals surface area contributed by atoms with Crippen molar-refractivity contribution in [1.82, 2.24) is 5.32 Å². The summed E-state index contributed by atoms with van der Waals surface area (Å²) < 4.78 is 5.15. The highest BCUT2D eigenvalue weighted by Gasteiger charge is 2.20. The molecule has 1 heterocycles. The molecule has 84 valence electrons. The van der Waals surface area contributed by atoms with E-state index in [0.717, 1.165) is 11.5 Å². The van der Waals surface area contributed by atoms with Crippen LogP contribution >= 0.6 is 11.3 Å². The second kappa shape index (κ2) is 4.88. The molecule has 0 unspecified atom stereocenters. The number of nitrogen functional groups attached to an aromatic ring is 1. The van der Waals surface area contributed by atoms with E-state index in [1.807, 2.05) is 6.92 Å². The molecule has 5 nitrogen and oxygen atoms in total. The van der Waals surface area contributed by atoms with Gasteiger partial charge in [0, 0.05) is 13.6 Å². The third-order valence-electron chi connectivity index (χ3n) is 1.87. The fraction of sp³-hybridized carbons (Fsp3) is 0.444. The zero-order valence-corrected chi connectivity index (χ0v) is 9.83. The van der Waals surface area contributed by atoms with Crippen LogP contribution in [0.2, 0.25) is 0 Å². The van der Waals surface area contributed by atoms with Crippen molar-refractivity contribution >= 4 is 27.9 Å². The summed E-state index contributed by atoms with van der Waals surface area (Å²) in [6.45, 7) is 2.72. The number of thiophene rings is 1. The second-order valence-corrected chi connectivity index (χ2v) is 3.84. The van der Waals surface area contributed by atoms with Gasteiger partial charge in [0.05, 0.1) is 7.11 Å². The molecular weight excluding hydrogens is 214 g/mol. The van der Waals surface area contributed by atoms with Crippen LogP contribution in [0.5, 0.6) is 5.75 Å². The molecule has 0 saturated heterocycles. The molecule has 1 rings (SSSR count). The zero-order valence-electron chi connectivity index (χ0n) is 9.01. The largest absolute Gasteiger partial charge is 0.492 e. The van der Waals surface area contributed by atoms with Crippen LogP contribution in [0.4, 0.5) is 10.7 Å². The highest BCUT2D eigenvalue weighted by Crippen LogP contribution is 2.42. The first-order valence-corrected chi connectivity index (χ1v) is 5.39. The Bertz CT molecular complexity index is 362. The molecule has 0 atom stereocenters. The number of ether oxygens (including phenoxy) is 1. The fourth-order valence-corrected chi connectivity index (χ4v) is 2.29. The van der Waals surface area contributed by atoms with Gasteiger partial charge in [0.2, 0.25) is 0 Å². The summed E-state index contributed by atoms with van der Waals surface area (Å²) in [5.41, 5.74) is 6.19. The van der Waals surface area contributed by atoms with E-state index in [2.05, 4.69) is 10.6 Å². The van der Waals surface area contributed by atoms with E-state index in [9.17, 15) is 4.79 Å². The van der Waals surface area contributed by atoms with Gasteiger partial charge in [-0.15, -0.1) is 11.3 Å². The van der Waals surface area contributed by atoms with Crippen molar-refractivity contribution < 1.29 is 9.53 Å². The standard InChI is InChI=1S/C9H15N3O2S/c1-4-12-9-6(14-3)5(10)7(15-9)8(13)11-2/h12H,4,10H2,1-3H3,(H,11,13). The van der Waals surface area contributed by atoms with Gasteiger partial charge in [-0.25, -0.2) is 0 Å². The number of anilines is 2. The predicted molar refractivity (Wildman–Crippen MR) is 62.8 cm³/mol. The molecule has 15 heavy (non-hydrogen) atoms. The average molecular weight is 229 g/mol. The molecule has 0 radical (unpaired) electrons. The van der Waals surface area contributed by atoms with Gasteiger partial charge in [0.15, 0.2) is 5.75 Å². The molecule has 0 fully saturated rings. The van der Waals surface area contributed by atoms with Crippen LogP contribution in [0.25, 0.3) is 0 Å². The molecule has 0 saturated carbocycles. The van der Waals surface area contributed by atoms with Crippen molar-refractivity contribution in [1.29, 1.82) is 0 Å². The Morgan fingerprint density at radius 3 is 2.73 bits per heavy atom. The number of rotatable bonds is 4. The first-order chi connectivity index (χ1) is 7.15. The molecule has 1 amide bonds. The molecule has 4 N–H and O–H groups in total. The number of nitrogens with two attached hydrogens (primary N) is 1. The Morgan fingerprint density at radius 1 is 1.60 bits per heavy atom. The van der Waals surface area contributed by atoms with Crippen molar-refractivity contribution in [2.75, 3.05) is 31.8 Å². The van der Waals surface area contributed by atoms with E-state index in [0.29, 0.717) is 16.3 Å². The summed E-state index contributed by atoms with van der Waals surface area (Å²) in [5.74, 6) is 0.348. The van der Waals surface area contributed by atoms with Crippen LogP contribution < -0.4 is 21.1 Å². The van der Waals surface area contributed by atoms with Crippen molar-refractivity contribution in [2.24, 2.45) is 0 Å². The number of hydrogen-bond acceptors (Lipinski definition) is 5. The Morgan fingerprint density at radius 2 is 2.27 bits per heavy atom. The molecule has 0 aliphatic heterocycles. The molecule has 6 heteroatoms. The second-order valence-electron chi connectivity index (χ2n) is 2.82. The summed E-state index contributed by atoms with van der Waals surface area (Å²) in [4.78, 5) is 11.9. The van der Waals surface area contributed by atoms with Crippen LogP contribution in [0.1, 0.15) is 16.6 Å². The molecule has 1 aromatic rings. The minimum atomic E-state index is -0.194. The van der Waals surface area contributed by atoms with Gasteiger partial charge < -0.3 is 21.1 Å². The monoisotopic (exact) mass is 229 g/mol. The van der Waals surface area contributed by atoms with Crippen LogP contribution in [0, 0.1) is 0 Å². The van der Waals surface area contributed by atoms with Crippen molar-refractivity contribution in [3.05, 3.63) is 4.88 Å². The number of amides is 1. The number of carbonyl (C=O) groups excluding carboxylic acids is 1. The Kier molecular flexibility index (Phi) is 3.79. The normalized spacial score (nSPS) is 9.80. The maximum absolute atomic E-state index is 11.5. The maximum Gasteiger partial charge on any atom is 0.263 e. The number of hydrogen-bond donors (Lipinski definition) is 3. The summed E-state index contributed by atoms with van der Waals surface area (Å²) in [7, 11) is 3.10. The summed E-state index contributed by atoms with van der Waals surface area (Å²) in [6, 6.07) is 0. The smallest absolute Gasteiger partial charge is 0.263 e. The van der Waals surface area contributed by atoms with Crippen molar-refractivity contribution in [3.8, 4) is 5.75 Å². The highest BCUT2D eigenvalue weighted by atomic mass is 32.1. The van der Waals surface area contributed by atoms with Crippen molar-refractivity contribution in [3.63, 3.8) is 0 Å². The van der Waals surface area contributed by atoms with E-state index in [1.165, 1.54) is 18.4 Å². The maximum atomic E-state index is 11.5. The van der Waals surface area contributed by atoms with Crippen LogP contribution in [0.15, 0.2) is 0 Å². The van der Waals surface area contributed by atoms with E-state index in [4.69, 9.17) is 10.5 Å². The predicted octanol–water partition coefficient (Wildman–Crippen LogP) is 1.13. The van der Waals surface area contributed by atoms with Gasteiger partial charge in [-0.3, -0.25) is 4.79 Å². The highest BCUT2D eigenvalue weighted by molar-refractivity contribution is 7.19. The summed E-state index contributed by atoms with van der Waals surface area (Å²) >= 11 is 1.29. The van der Waals surface area contributed by atoms with Gasteiger partial charge >= 0.3 is 0 Å². The number of carbonyl (C=O) groups is 1. The minimum Gasteiger partial charge on any atom is -0.492 e. The number of methoxy groups -OCH3 is 1. The Labute approximate surface area is 92.6 Å². The van der Waals surface area contributed by atoms with E-state index in [-0.39, 0.29) is 5.91 Å². The van der Waals surface area contributed by atoms with Gasteiger partial charge in [-0.05, 0) is 6.92 Å². The lowest BCUT2D eigenvalue weighted by atomic mass is 10.3. The lowest BCUT2D eigenvalue weighted by Gasteiger charge is -2.03. The fourth-order valence-electron chi connectivity index (χ4n) is 1.19. The van der Waals surface area contributed by atoms with Gasteiger partial charge in [0.25, 0.3) is 5.91 Å². The van der Waals surface area contributed by atoms with E-state index >= 15 is 0 Å².